The molecule has 0 amide bonds. The van der Waals surface area contributed by atoms with Crippen LogP contribution < -0.4 is 4.74 Å². The summed E-state index contributed by atoms with van der Waals surface area (Å²) in [6.07, 6.45) is -1.06. The van der Waals surface area contributed by atoms with E-state index in [9.17, 15) is 9.90 Å². The molecule has 1 aromatic heterocycles. The molecule has 0 aliphatic carbocycles. The van der Waals surface area contributed by atoms with Gasteiger partial charge in [0.1, 0.15) is 17.6 Å². The standard InChI is InChI=1S/C20H18O5/c21-18(17-12-7-13-23-17)19(24-14-15-8-3-1-4-9-15)20(22)25-16-10-5-2-6-11-16/h1-13,18-19,21H,14H2/t18-,19+/m1/s1. The van der Waals surface area contributed by atoms with Crippen LogP contribution in [-0.2, 0) is 16.1 Å². The van der Waals surface area contributed by atoms with E-state index in [1.165, 1.54) is 6.26 Å². The zero-order valence-electron chi connectivity index (χ0n) is 13.4. The molecular weight excluding hydrogens is 320 g/mol. The third-order valence-corrected chi connectivity index (χ3v) is 3.59. The number of rotatable bonds is 7. The van der Waals surface area contributed by atoms with Crippen LogP contribution in [0.3, 0.4) is 0 Å². The number of esters is 1. The molecule has 128 valence electrons. The lowest BCUT2D eigenvalue weighted by Gasteiger charge is -2.20. The summed E-state index contributed by atoms with van der Waals surface area (Å²) in [6, 6.07) is 21.2. The summed E-state index contributed by atoms with van der Waals surface area (Å²) in [5.74, 6) is -0.0680. The van der Waals surface area contributed by atoms with Crippen molar-refractivity contribution in [3.8, 4) is 5.75 Å². The minimum absolute atomic E-state index is 0.160. The molecule has 25 heavy (non-hydrogen) atoms. The molecule has 5 nitrogen and oxygen atoms in total. The van der Waals surface area contributed by atoms with E-state index < -0.39 is 18.2 Å². The van der Waals surface area contributed by atoms with Gasteiger partial charge in [0.25, 0.3) is 0 Å². The van der Waals surface area contributed by atoms with Gasteiger partial charge in [-0.15, -0.1) is 0 Å². The lowest BCUT2D eigenvalue weighted by Crippen LogP contribution is -2.34. The summed E-state index contributed by atoms with van der Waals surface area (Å²) in [7, 11) is 0. The highest BCUT2D eigenvalue weighted by Crippen LogP contribution is 2.23. The Hall–Kier alpha value is -2.89. The van der Waals surface area contributed by atoms with Crippen LogP contribution in [0.2, 0.25) is 0 Å². The van der Waals surface area contributed by atoms with Crippen molar-refractivity contribution in [2.75, 3.05) is 0 Å². The molecule has 0 fully saturated rings. The quantitative estimate of drug-likeness (QED) is 0.527. The largest absolute Gasteiger partial charge is 0.466 e. The van der Waals surface area contributed by atoms with Crippen molar-refractivity contribution in [3.05, 3.63) is 90.4 Å². The zero-order chi connectivity index (χ0) is 17.5. The van der Waals surface area contributed by atoms with Gasteiger partial charge < -0.3 is 19.0 Å². The van der Waals surface area contributed by atoms with E-state index in [4.69, 9.17) is 13.9 Å². The molecule has 0 aliphatic heterocycles. The van der Waals surface area contributed by atoms with Gasteiger partial charge in [0.05, 0.1) is 12.9 Å². The van der Waals surface area contributed by atoms with Crippen LogP contribution in [0.15, 0.2) is 83.5 Å². The van der Waals surface area contributed by atoms with E-state index in [1.807, 2.05) is 36.4 Å². The van der Waals surface area contributed by atoms with Crippen LogP contribution in [0.4, 0.5) is 0 Å². The number of hydrogen-bond donors (Lipinski definition) is 1. The van der Waals surface area contributed by atoms with Gasteiger partial charge in [0.15, 0.2) is 6.10 Å². The fourth-order valence-corrected chi connectivity index (χ4v) is 2.32. The second-order valence-corrected chi connectivity index (χ2v) is 5.41. The van der Waals surface area contributed by atoms with Crippen LogP contribution in [-0.4, -0.2) is 17.2 Å². The fourth-order valence-electron chi connectivity index (χ4n) is 2.32. The van der Waals surface area contributed by atoms with Crippen molar-refractivity contribution in [1.29, 1.82) is 0 Å². The van der Waals surface area contributed by atoms with Crippen molar-refractivity contribution in [3.63, 3.8) is 0 Å². The van der Waals surface area contributed by atoms with Gasteiger partial charge in [-0.25, -0.2) is 4.79 Å². The Morgan fingerprint density at radius 3 is 2.28 bits per heavy atom. The Morgan fingerprint density at radius 2 is 1.64 bits per heavy atom. The minimum atomic E-state index is -1.27. The Morgan fingerprint density at radius 1 is 0.960 bits per heavy atom. The average Bonchev–Trinajstić information content (AvgIpc) is 3.18. The second kappa shape index (κ2) is 8.28. The first kappa shape index (κ1) is 17.0. The van der Waals surface area contributed by atoms with E-state index in [-0.39, 0.29) is 12.4 Å². The zero-order valence-corrected chi connectivity index (χ0v) is 13.4. The van der Waals surface area contributed by atoms with Crippen LogP contribution in [0.25, 0.3) is 0 Å². The van der Waals surface area contributed by atoms with Crippen molar-refractivity contribution in [2.45, 2.75) is 18.8 Å². The van der Waals surface area contributed by atoms with Gasteiger partial charge >= 0.3 is 5.97 Å². The molecule has 2 aromatic carbocycles. The van der Waals surface area contributed by atoms with E-state index in [2.05, 4.69) is 0 Å². The number of benzene rings is 2. The smallest absolute Gasteiger partial charge is 0.343 e. The van der Waals surface area contributed by atoms with E-state index in [0.717, 1.165) is 5.56 Å². The topological polar surface area (TPSA) is 68.9 Å². The summed E-state index contributed by atoms with van der Waals surface area (Å²) < 4.78 is 16.2. The number of hydrogen-bond acceptors (Lipinski definition) is 5. The first-order chi connectivity index (χ1) is 12.2. The monoisotopic (exact) mass is 338 g/mol. The van der Waals surface area contributed by atoms with E-state index >= 15 is 0 Å². The maximum Gasteiger partial charge on any atom is 0.343 e. The number of para-hydroxylation sites is 1. The predicted molar refractivity (Wildman–Crippen MR) is 90.8 cm³/mol. The second-order valence-electron chi connectivity index (χ2n) is 5.41. The average molecular weight is 338 g/mol. The molecule has 0 saturated carbocycles. The highest BCUT2D eigenvalue weighted by Gasteiger charge is 2.32. The van der Waals surface area contributed by atoms with Crippen LogP contribution >= 0.6 is 0 Å². The van der Waals surface area contributed by atoms with Crippen molar-refractivity contribution in [2.24, 2.45) is 0 Å². The lowest BCUT2D eigenvalue weighted by molar-refractivity contribution is -0.158. The molecule has 2 atom stereocenters. The van der Waals surface area contributed by atoms with Gasteiger partial charge in [0.2, 0.25) is 0 Å². The number of aliphatic hydroxyl groups excluding tert-OH is 1. The van der Waals surface area contributed by atoms with Crippen molar-refractivity contribution in [1.82, 2.24) is 0 Å². The first-order valence-electron chi connectivity index (χ1n) is 7.88. The van der Waals surface area contributed by atoms with Gasteiger partial charge in [-0.2, -0.15) is 0 Å². The summed E-state index contributed by atoms with van der Waals surface area (Å²) >= 11 is 0. The van der Waals surface area contributed by atoms with Crippen molar-refractivity contribution < 1.29 is 23.8 Å². The third kappa shape index (κ3) is 4.56. The molecule has 1 N–H and O–H groups in total. The SMILES string of the molecule is O=C(Oc1ccccc1)[C@@H](OCc1ccccc1)[C@H](O)c1ccco1. The molecule has 0 spiro atoms. The fraction of sp³-hybridized carbons (Fsp3) is 0.150. The Balaban J connectivity index is 1.74. The number of ether oxygens (including phenoxy) is 2. The number of aliphatic hydroxyl groups is 1. The highest BCUT2D eigenvalue weighted by atomic mass is 16.6. The molecule has 0 unspecified atom stereocenters. The van der Waals surface area contributed by atoms with Crippen LogP contribution in [0.5, 0.6) is 5.75 Å². The van der Waals surface area contributed by atoms with Gasteiger partial charge in [-0.05, 0) is 29.8 Å². The number of furan rings is 1. The summed E-state index contributed by atoms with van der Waals surface area (Å²) in [6.45, 7) is 0.160. The number of carbonyl (C=O) groups excluding carboxylic acids is 1. The van der Waals surface area contributed by atoms with Crippen LogP contribution in [0.1, 0.15) is 17.4 Å². The maximum atomic E-state index is 12.5. The van der Waals surface area contributed by atoms with Gasteiger partial charge in [0, 0.05) is 0 Å². The minimum Gasteiger partial charge on any atom is -0.466 e. The molecule has 1 heterocycles. The molecule has 3 rings (SSSR count). The predicted octanol–water partition coefficient (Wildman–Crippen LogP) is 3.50. The first-order valence-corrected chi connectivity index (χ1v) is 7.88. The normalized spacial score (nSPS) is 13.2. The Kier molecular flexibility index (Phi) is 5.61. The lowest BCUT2D eigenvalue weighted by atomic mass is 10.1. The molecule has 3 aromatic rings. The molecule has 5 heteroatoms. The van der Waals surface area contributed by atoms with Gasteiger partial charge in [-0.1, -0.05) is 48.5 Å². The molecule has 0 saturated heterocycles. The van der Waals surface area contributed by atoms with Gasteiger partial charge in [-0.3, -0.25) is 0 Å². The third-order valence-electron chi connectivity index (χ3n) is 3.59. The van der Waals surface area contributed by atoms with Crippen molar-refractivity contribution >= 4 is 5.97 Å². The summed E-state index contributed by atoms with van der Waals surface area (Å²) in [5, 5.41) is 10.5. The Labute approximate surface area is 145 Å². The summed E-state index contributed by atoms with van der Waals surface area (Å²) in [5.41, 5.74) is 0.881. The molecular formula is C20H18O5. The molecule has 0 aliphatic rings. The van der Waals surface area contributed by atoms with E-state index in [1.54, 1.807) is 36.4 Å². The highest BCUT2D eigenvalue weighted by molar-refractivity contribution is 5.78. The Bertz CT molecular complexity index is 768. The molecule has 0 radical (unpaired) electrons. The number of carbonyl (C=O) groups is 1. The van der Waals surface area contributed by atoms with E-state index in [0.29, 0.717) is 5.75 Å². The summed E-state index contributed by atoms with van der Waals surface area (Å²) in [4.78, 5) is 12.5. The van der Waals surface area contributed by atoms with Crippen LogP contribution in [0, 0.1) is 0 Å². The molecule has 0 bridgehead atoms. The maximum absolute atomic E-state index is 12.5.